The largest absolute Gasteiger partial charge is 0.250 e. The minimum Gasteiger partial charge on any atom is -0.250 e. The molecule has 0 saturated heterocycles. The molecule has 0 fully saturated rings. The summed E-state index contributed by atoms with van der Waals surface area (Å²) in [6.45, 7) is 3.96. The van der Waals surface area contributed by atoms with Crippen LogP contribution in [0.5, 0.6) is 0 Å². The molecule has 4 rings (SSSR count). The zero-order valence-corrected chi connectivity index (χ0v) is 11.6. The van der Waals surface area contributed by atoms with Crippen molar-refractivity contribution in [3.63, 3.8) is 0 Å². The quantitative estimate of drug-likeness (QED) is 0.694. The van der Waals surface area contributed by atoms with Gasteiger partial charge in [-0.25, -0.2) is 9.67 Å². The van der Waals surface area contributed by atoms with Gasteiger partial charge >= 0.3 is 0 Å². The fraction of sp³-hybridized carbons (Fsp3) is 0.0625. The normalized spacial score (nSPS) is 15.5. The number of hydrazine groups is 1. The Morgan fingerprint density at radius 2 is 1.90 bits per heavy atom. The first-order chi connectivity index (χ1) is 10.2. The molecule has 5 heteroatoms. The van der Waals surface area contributed by atoms with E-state index in [0.717, 1.165) is 33.8 Å². The Kier molecular flexibility index (Phi) is 2.41. The van der Waals surface area contributed by atoms with Crippen molar-refractivity contribution in [2.45, 2.75) is 0 Å². The van der Waals surface area contributed by atoms with Crippen LogP contribution in [0.25, 0.3) is 10.9 Å². The van der Waals surface area contributed by atoms with Gasteiger partial charge < -0.3 is 0 Å². The number of amidine groups is 1. The Hall–Kier alpha value is -2.95. The highest BCUT2D eigenvalue weighted by atomic mass is 15.5. The number of fused-ring (bicyclic) bond motifs is 2. The molecule has 0 spiro atoms. The SMILES string of the molecule is C=[N+]1NC(=Nc2c3ccccc3nn2C)c2ccccc21. The molecule has 0 unspecified atom stereocenters. The van der Waals surface area contributed by atoms with Gasteiger partial charge in [0.25, 0.3) is 0 Å². The summed E-state index contributed by atoms with van der Waals surface area (Å²) >= 11 is 0. The average Bonchev–Trinajstić information content (AvgIpc) is 2.99. The van der Waals surface area contributed by atoms with Crippen LogP contribution in [0.1, 0.15) is 5.56 Å². The van der Waals surface area contributed by atoms with Crippen molar-refractivity contribution in [3.8, 4) is 0 Å². The van der Waals surface area contributed by atoms with Crippen molar-refractivity contribution >= 4 is 35.0 Å². The summed E-state index contributed by atoms with van der Waals surface area (Å²) in [6, 6.07) is 16.0. The van der Waals surface area contributed by atoms with Gasteiger partial charge in [-0.2, -0.15) is 5.10 Å². The standard InChI is InChI=1S/C16H14N5/c1-20-14-10-6-4-8-12(14)15(19-20)17-16-11-7-3-5-9-13(11)18-21(16)2/h3-10H,1H2,2H3,(H,17,19)/q+1. The van der Waals surface area contributed by atoms with Gasteiger partial charge in [-0.1, -0.05) is 28.9 Å². The van der Waals surface area contributed by atoms with Crippen LogP contribution in [0.15, 0.2) is 53.5 Å². The van der Waals surface area contributed by atoms with Crippen molar-refractivity contribution in [2.75, 3.05) is 0 Å². The van der Waals surface area contributed by atoms with E-state index in [1.807, 2.05) is 55.6 Å². The molecule has 1 aliphatic rings. The lowest BCUT2D eigenvalue weighted by Gasteiger charge is -1.97. The molecule has 102 valence electrons. The number of aryl methyl sites for hydroxylation is 1. The lowest BCUT2D eigenvalue weighted by Crippen LogP contribution is -2.22. The zero-order valence-electron chi connectivity index (χ0n) is 11.6. The molecular formula is C16H14N5+. The molecule has 0 amide bonds. The fourth-order valence-corrected chi connectivity index (χ4v) is 2.61. The first kappa shape index (κ1) is 11.8. The second-order valence-corrected chi connectivity index (χ2v) is 4.98. The number of aliphatic imine (C=N–C) groups is 1. The van der Waals surface area contributed by atoms with Crippen molar-refractivity contribution < 1.29 is 4.68 Å². The highest BCUT2D eigenvalue weighted by Gasteiger charge is 2.28. The number of rotatable bonds is 1. The van der Waals surface area contributed by atoms with Crippen LogP contribution in [0.3, 0.4) is 0 Å². The van der Waals surface area contributed by atoms with Crippen LogP contribution in [-0.2, 0) is 7.05 Å². The number of benzene rings is 2. The Labute approximate surface area is 121 Å². The Morgan fingerprint density at radius 3 is 2.81 bits per heavy atom. The van der Waals surface area contributed by atoms with Crippen LogP contribution < -0.4 is 5.43 Å². The molecule has 0 radical (unpaired) electrons. The van der Waals surface area contributed by atoms with Crippen molar-refractivity contribution in [3.05, 3.63) is 54.1 Å². The molecule has 0 atom stereocenters. The summed E-state index contributed by atoms with van der Waals surface area (Å²) in [5.74, 6) is 1.62. The molecule has 5 nitrogen and oxygen atoms in total. The Bertz CT molecular complexity index is 904. The van der Waals surface area contributed by atoms with E-state index in [2.05, 4.69) is 17.2 Å². The maximum atomic E-state index is 4.76. The van der Waals surface area contributed by atoms with Gasteiger partial charge in [-0.3, -0.25) is 0 Å². The molecule has 2 heterocycles. The van der Waals surface area contributed by atoms with Crippen LogP contribution in [0.4, 0.5) is 11.5 Å². The van der Waals surface area contributed by atoms with E-state index < -0.39 is 0 Å². The maximum absolute atomic E-state index is 4.76. The first-order valence-corrected chi connectivity index (χ1v) is 6.71. The van der Waals surface area contributed by atoms with Crippen LogP contribution >= 0.6 is 0 Å². The van der Waals surface area contributed by atoms with Crippen molar-refractivity contribution in [1.82, 2.24) is 15.2 Å². The predicted octanol–water partition coefficient (Wildman–Crippen LogP) is 2.51. The lowest BCUT2D eigenvalue weighted by atomic mass is 10.2. The highest BCUT2D eigenvalue weighted by molar-refractivity contribution is 6.06. The maximum Gasteiger partial charge on any atom is 0.246 e. The summed E-state index contributed by atoms with van der Waals surface area (Å²) < 4.78 is 3.53. The molecule has 1 N–H and O–H groups in total. The van der Waals surface area contributed by atoms with Gasteiger partial charge in [0.2, 0.25) is 11.5 Å². The summed E-state index contributed by atoms with van der Waals surface area (Å²) in [7, 11) is 1.90. The third-order valence-electron chi connectivity index (χ3n) is 3.62. The van der Waals surface area contributed by atoms with E-state index in [9.17, 15) is 0 Å². The van der Waals surface area contributed by atoms with E-state index >= 15 is 0 Å². The minimum absolute atomic E-state index is 0.786. The van der Waals surface area contributed by atoms with Gasteiger partial charge in [-0.05, 0) is 18.2 Å². The number of hydrazone groups is 1. The second kappa shape index (κ2) is 4.28. The molecule has 3 aromatic rings. The molecule has 0 aliphatic carbocycles. The van der Waals surface area contributed by atoms with E-state index in [1.54, 1.807) is 9.37 Å². The third-order valence-corrected chi connectivity index (χ3v) is 3.62. The molecular weight excluding hydrogens is 262 g/mol. The summed E-state index contributed by atoms with van der Waals surface area (Å²) in [5.41, 5.74) is 6.18. The Morgan fingerprint density at radius 1 is 1.14 bits per heavy atom. The molecule has 0 bridgehead atoms. The summed E-state index contributed by atoms with van der Waals surface area (Å²) in [6.07, 6.45) is 0. The van der Waals surface area contributed by atoms with Gasteiger partial charge in [-0.15, -0.1) is 5.43 Å². The van der Waals surface area contributed by atoms with E-state index in [1.165, 1.54) is 0 Å². The number of aromatic nitrogens is 2. The average molecular weight is 276 g/mol. The highest BCUT2D eigenvalue weighted by Crippen LogP contribution is 2.28. The monoisotopic (exact) mass is 276 g/mol. The zero-order chi connectivity index (χ0) is 14.4. The Balaban J connectivity index is 1.92. The summed E-state index contributed by atoms with van der Waals surface area (Å²) in [4.78, 5) is 4.76. The van der Waals surface area contributed by atoms with E-state index in [0.29, 0.717) is 0 Å². The fourth-order valence-electron chi connectivity index (χ4n) is 2.61. The molecule has 1 aromatic heterocycles. The molecule has 0 saturated carbocycles. The first-order valence-electron chi connectivity index (χ1n) is 6.71. The van der Waals surface area contributed by atoms with Gasteiger partial charge in [0.15, 0.2) is 12.5 Å². The van der Waals surface area contributed by atoms with Crippen molar-refractivity contribution in [1.29, 1.82) is 0 Å². The predicted molar refractivity (Wildman–Crippen MR) is 83.5 cm³/mol. The minimum atomic E-state index is 0.786. The molecule has 1 aliphatic heterocycles. The number of para-hydroxylation sites is 1. The number of hydrogen-bond acceptors (Lipinski definition) is 2. The molecule has 2 aromatic carbocycles. The third kappa shape index (κ3) is 1.74. The molecule has 21 heavy (non-hydrogen) atoms. The number of nitrogens with zero attached hydrogens (tertiary/aromatic N) is 4. The van der Waals surface area contributed by atoms with Crippen LogP contribution in [0, 0.1) is 0 Å². The summed E-state index contributed by atoms with van der Waals surface area (Å²) in [5, 5.41) is 5.52. The van der Waals surface area contributed by atoms with Gasteiger partial charge in [0, 0.05) is 18.5 Å². The van der Waals surface area contributed by atoms with Crippen LogP contribution in [0.2, 0.25) is 0 Å². The van der Waals surface area contributed by atoms with Crippen molar-refractivity contribution in [2.24, 2.45) is 12.0 Å². The van der Waals surface area contributed by atoms with Gasteiger partial charge in [0.1, 0.15) is 0 Å². The topological polar surface area (TPSA) is 45.2 Å². The second-order valence-electron chi connectivity index (χ2n) is 4.98. The van der Waals surface area contributed by atoms with Gasteiger partial charge in [0.05, 0.1) is 11.1 Å². The van der Waals surface area contributed by atoms with E-state index in [4.69, 9.17) is 4.99 Å². The lowest BCUT2D eigenvalue weighted by molar-refractivity contribution is -0.471. The van der Waals surface area contributed by atoms with Crippen LogP contribution in [-0.4, -0.2) is 27.0 Å². The number of hydrogen-bond donors (Lipinski definition) is 1. The van der Waals surface area contributed by atoms with E-state index in [-0.39, 0.29) is 0 Å². The number of nitrogens with one attached hydrogen (secondary N) is 1. The smallest absolute Gasteiger partial charge is 0.246 e.